The third kappa shape index (κ3) is 5.97. The Bertz CT molecular complexity index is 1460. The van der Waals surface area contributed by atoms with Crippen molar-refractivity contribution in [3.63, 3.8) is 0 Å². The Morgan fingerprint density at radius 3 is 2.61 bits per heavy atom. The average molecular weight is 563 g/mol. The van der Waals surface area contributed by atoms with Crippen LogP contribution in [0.4, 0.5) is 22.0 Å². The summed E-state index contributed by atoms with van der Waals surface area (Å²) in [6.45, 7) is 1.65. The second kappa shape index (κ2) is 10.0. The molecule has 0 unspecified atom stereocenters. The number of hydrogen-bond donors (Lipinski definition) is 1. The lowest BCUT2D eigenvalue weighted by Gasteiger charge is -2.34. The first kappa shape index (κ1) is 27.5. The molecule has 0 radical (unpaired) electrons. The zero-order valence-electron chi connectivity index (χ0n) is 20.2. The highest BCUT2D eigenvalue weighted by atomic mass is 32.2. The lowest BCUT2D eigenvalue weighted by Crippen LogP contribution is -2.51. The molecular weight excluding hydrogens is 539 g/mol. The van der Waals surface area contributed by atoms with Gasteiger partial charge in [-0.2, -0.15) is 8.78 Å². The maximum absolute atomic E-state index is 13.6. The lowest BCUT2D eigenvalue weighted by molar-refractivity contribution is -0.148. The number of sulfone groups is 1. The van der Waals surface area contributed by atoms with Crippen LogP contribution in [-0.4, -0.2) is 64.7 Å². The highest BCUT2D eigenvalue weighted by molar-refractivity contribution is 7.91. The van der Waals surface area contributed by atoms with Crippen LogP contribution in [-0.2, 0) is 9.84 Å². The number of nitrogens with one attached hydrogen (secondary N) is 1. The van der Waals surface area contributed by atoms with Crippen molar-refractivity contribution >= 4 is 21.4 Å². The molecule has 0 bridgehead atoms. The molecule has 0 spiro atoms. The second-order valence-corrected chi connectivity index (χ2v) is 11.5. The summed E-state index contributed by atoms with van der Waals surface area (Å²) in [5, 5.41) is 2.87. The SMILES string of the molecule is Cc1c(C(=O)NC2(C)CCS(=O)(=O)CC2)nc2ccc(Oc3ncc(F)cc3OCC(F)(F)C(F)F)cn12. The van der Waals surface area contributed by atoms with Gasteiger partial charge in [0, 0.05) is 11.6 Å². The monoisotopic (exact) mass is 562 g/mol. The molecule has 0 aliphatic carbocycles. The summed E-state index contributed by atoms with van der Waals surface area (Å²) in [6, 6.07) is 3.58. The fourth-order valence-electron chi connectivity index (χ4n) is 3.80. The van der Waals surface area contributed by atoms with Crippen molar-refractivity contribution in [3.05, 3.63) is 47.8 Å². The van der Waals surface area contributed by atoms with Crippen molar-refractivity contribution in [2.24, 2.45) is 0 Å². The van der Waals surface area contributed by atoms with E-state index in [1.807, 2.05) is 0 Å². The van der Waals surface area contributed by atoms with Crippen molar-refractivity contribution < 1.29 is 44.6 Å². The minimum atomic E-state index is -4.48. The van der Waals surface area contributed by atoms with Crippen molar-refractivity contribution in [2.75, 3.05) is 18.1 Å². The Hall–Kier alpha value is -3.49. The molecule has 15 heteroatoms. The van der Waals surface area contributed by atoms with Crippen LogP contribution in [0.3, 0.4) is 0 Å². The largest absolute Gasteiger partial charge is 0.481 e. The normalized spacial score (nSPS) is 16.9. The first-order valence-electron chi connectivity index (χ1n) is 11.3. The summed E-state index contributed by atoms with van der Waals surface area (Å²) in [5.74, 6) is -6.99. The molecule has 1 N–H and O–H groups in total. The van der Waals surface area contributed by atoms with E-state index in [-0.39, 0.29) is 35.8 Å². The van der Waals surface area contributed by atoms with Crippen LogP contribution in [0, 0.1) is 12.7 Å². The number of fused-ring (bicyclic) bond motifs is 1. The minimum Gasteiger partial charge on any atom is -0.481 e. The smallest absolute Gasteiger partial charge is 0.340 e. The molecular formula is C23H23F5N4O5S. The van der Waals surface area contributed by atoms with E-state index >= 15 is 0 Å². The predicted molar refractivity (Wildman–Crippen MR) is 124 cm³/mol. The van der Waals surface area contributed by atoms with E-state index in [1.165, 1.54) is 22.7 Å². The Labute approximate surface area is 213 Å². The fourth-order valence-corrected chi connectivity index (χ4v) is 5.53. The molecule has 206 valence electrons. The molecule has 0 saturated carbocycles. The quantitative estimate of drug-likeness (QED) is 0.414. The number of carbonyl (C=O) groups excluding carboxylic acids is 1. The lowest BCUT2D eigenvalue weighted by atomic mass is 9.94. The minimum absolute atomic E-state index is 0.0302. The Morgan fingerprint density at radius 2 is 1.95 bits per heavy atom. The molecule has 1 fully saturated rings. The van der Waals surface area contributed by atoms with Gasteiger partial charge in [-0.05, 0) is 38.8 Å². The van der Waals surface area contributed by atoms with Gasteiger partial charge < -0.3 is 14.8 Å². The van der Waals surface area contributed by atoms with Crippen LogP contribution in [0.15, 0.2) is 30.6 Å². The number of alkyl halides is 4. The van der Waals surface area contributed by atoms with Crippen LogP contribution in [0.5, 0.6) is 17.4 Å². The topological polar surface area (TPSA) is 112 Å². The van der Waals surface area contributed by atoms with Crippen LogP contribution >= 0.6 is 0 Å². The van der Waals surface area contributed by atoms with Crippen LogP contribution in [0.1, 0.15) is 35.9 Å². The van der Waals surface area contributed by atoms with E-state index in [9.17, 15) is 35.2 Å². The highest BCUT2D eigenvalue weighted by Crippen LogP contribution is 2.33. The first-order valence-corrected chi connectivity index (χ1v) is 13.1. The number of rotatable bonds is 8. The molecule has 3 aromatic rings. The van der Waals surface area contributed by atoms with E-state index in [0.29, 0.717) is 17.4 Å². The van der Waals surface area contributed by atoms with Crippen molar-refractivity contribution in [3.8, 4) is 17.4 Å². The van der Waals surface area contributed by atoms with E-state index < -0.39 is 57.7 Å². The number of ether oxygens (including phenoxy) is 2. The van der Waals surface area contributed by atoms with E-state index in [4.69, 9.17) is 9.47 Å². The molecule has 9 nitrogen and oxygen atoms in total. The van der Waals surface area contributed by atoms with Gasteiger partial charge in [-0.15, -0.1) is 0 Å². The van der Waals surface area contributed by atoms with Gasteiger partial charge in [0.15, 0.2) is 12.4 Å². The molecule has 1 aliphatic rings. The second-order valence-electron chi connectivity index (χ2n) is 9.21. The number of carbonyl (C=O) groups is 1. The van der Waals surface area contributed by atoms with E-state index in [1.54, 1.807) is 13.8 Å². The molecule has 3 aromatic heterocycles. The van der Waals surface area contributed by atoms with Gasteiger partial charge in [-0.3, -0.25) is 9.20 Å². The molecule has 4 rings (SSSR count). The number of aryl methyl sites for hydroxylation is 1. The third-order valence-corrected chi connectivity index (χ3v) is 7.78. The van der Waals surface area contributed by atoms with Gasteiger partial charge in [-0.25, -0.2) is 31.6 Å². The summed E-state index contributed by atoms with van der Waals surface area (Å²) in [7, 11) is -3.12. The number of amides is 1. The summed E-state index contributed by atoms with van der Waals surface area (Å²) in [4.78, 5) is 21.0. The number of nitrogens with zero attached hydrogens (tertiary/aromatic N) is 3. The zero-order chi connectivity index (χ0) is 27.9. The molecule has 1 amide bonds. The van der Waals surface area contributed by atoms with Crippen LogP contribution in [0.2, 0.25) is 0 Å². The Balaban J connectivity index is 1.54. The molecule has 0 aromatic carbocycles. The van der Waals surface area contributed by atoms with Gasteiger partial charge in [0.2, 0.25) is 0 Å². The van der Waals surface area contributed by atoms with Crippen LogP contribution in [0.25, 0.3) is 5.65 Å². The third-order valence-electron chi connectivity index (χ3n) is 6.13. The number of imidazole rings is 1. The van der Waals surface area contributed by atoms with E-state index in [2.05, 4.69) is 15.3 Å². The van der Waals surface area contributed by atoms with Gasteiger partial charge >= 0.3 is 12.3 Å². The maximum Gasteiger partial charge on any atom is 0.340 e. The van der Waals surface area contributed by atoms with Gasteiger partial charge in [0.25, 0.3) is 11.8 Å². The Kier molecular flexibility index (Phi) is 7.25. The first-order chi connectivity index (χ1) is 17.7. The van der Waals surface area contributed by atoms with Gasteiger partial charge in [0.1, 0.15) is 32.7 Å². The zero-order valence-corrected chi connectivity index (χ0v) is 21.0. The maximum atomic E-state index is 13.6. The van der Waals surface area contributed by atoms with Crippen molar-refractivity contribution in [2.45, 2.75) is 44.6 Å². The number of pyridine rings is 2. The van der Waals surface area contributed by atoms with Crippen molar-refractivity contribution in [1.82, 2.24) is 19.7 Å². The number of hydrogen-bond acceptors (Lipinski definition) is 7. The van der Waals surface area contributed by atoms with Gasteiger partial charge in [0.05, 0.1) is 29.6 Å². The number of halogens is 5. The number of aromatic nitrogens is 3. The van der Waals surface area contributed by atoms with Crippen molar-refractivity contribution in [1.29, 1.82) is 0 Å². The van der Waals surface area contributed by atoms with E-state index in [0.717, 1.165) is 6.20 Å². The summed E-state index contributed by atoms with van der Waals surface area (Å²) in [5.41, 5.74) is 0.145. The summed E-state index contributed by atoms with van der Waals surface area (Å²) < 4.78 is 100. The molecule has 4 heterocycles. The summed E-state index contributed by atoms with van der Waals surface area (Å²) >= 11 is 0. The fraction of sp³-hybridized carbons (Fsp3) is 0.435. The Morgan fingerprint density at radius 1 is 1.26 bits per heavy atom. The average Bonchev–Trinajstić information content (AvgIpc) is 3.17. The molecule has 38 heavy (non-hydrogen) atoms. The van der Waals surface area contributed by atoms with Gasteiger partial charge in [-0.1, -0.05) is 0 Å². The summed E-state index contributed by atoms with van der Waals surface area (Å²) in [6.07, 6.45) is -1.31. The standard InChI is InChI=1S/C23H23F5N4O5S/c1-13-18(19(33)31-22(2)5-7-38(34,35)8-6-22)30-17-4-3-15(11-32(13)17)37-20-16(9-14(24)10-29-20)36-12-23(27,28)21(25)26/h3-4,9-11,21H,5-8,12H2,1-2H3,(H,31,33). The predicted octanol–water partition coefficient (Wildman–Crippen LogP) is 3.95. The van der Waals surface area contributed by atoms with Crippen LogP contribution < -0.4 is 14.8 Å². The highest BCUT2D eigenvalue weighted by Gasteiger charge is 2.42. The molecule has 1 saturated heterocycles. The molecule has 0 atom stereocenters. The molecule has 1 aliphatic heterocycles.